The van der Waals surface area contributed by atoms with Gasteiger partial charge in [0.1, 0.15) is 17.3 Å². The Hall–Kier alpha value is -2.60. The molecule has 0 aliphatic rings. The van der Waals surface area contributed by atoms with E-state index in [1.807, 2.05) is 77.9 Å². The Labute approximate surface area is 203 Å². The van der Waals surface area contributed by atoms with Crippen molar-refractivity contribution >= 4 is 22.5 Å². The second kappa shape index (κ2) is 11.7. The van der Waals surface area contributed by atoms with Crippen molar-refractivity contribution in [2.45, 2.75) is 99.3 Å². The molecule has 0 fully saturated rings. The van der Waals surface area contributed by atoms with Crippen LogP contribution in [0.3, 0.4) is 0 Å². The molecule has 34 heavy (non-hydrogen) atoms. The van der Waals surface area contributed by atoms with Crippen LogP contribution in [0.15, 0.2) is 36.4 Å². The fraction of sp³-hybridized carbons (Fsp3) is 0.571. The van der Waals surface area contributed by atoms with Crippen molar-refractivity contribution in [1.29, 1.82) is 0 Å². The number of carbonyl (C=O) groups is 2. The van der Waals surface area contributed by atoms with Crippen LogP contribution in [0.1, 0.15) is 81.1 Å². The quantitative estimate of drug-likeness (QED) is 0.235. The van der Waals surface area contributed by atoms with E-state index >= 15 is 0 Å². The zero-order valence-corrected chi connectivity index (χ0v) is 21.9. The van der Waals surface area contributed by atoms with E-state index in [2.05, 4.69) is 6.92 Å². The molecule has 0 radical (unpaired) electrons. The van der Waals surface area contributed by atoms with Gasteiger partial charge in [-0.05, 0) is 68.7 Å². The smallest absolute Gasteiger partial charge is 0.309 e. The second-order valence-corrected chi connectivity index (χ2v) is 9.92. The van der Waals surface area contributed by atoms with Crippen molar-refractivity contribution in [2.75, 3.05) is 0 Å². The summed E-state index contributed by atoms with van der Waals surface area (Å²) in [4.78, 5) is 24.3. The van der Waals surface area contributed by atoms with Gasteiger partial charge in [0, 0.05) is 18.8 Å². The number of esters is 1. The highest BCUT2D eigenvalue weighted by Gasteiger charge is 2.26. The molecule has 6 nitrogen and oxygen atoms in total. The first-order valence-corrected chi connectivity index (χ1v) is 12.1. The molecule has 0 bridgehead atoms. The highest BCUT2D eigenvalue weighted by Crippen LogP contribution is 2.27. The van der Waals surface area contributed by atoms with Gasteiger partial charge in [-0.3, -0.25) is 9.59 Å². The Morgan fingerprint density at radius 3 is 1.82 bits per heavy atom. The first-order valence-electron chi connectivity index (χ1n) is 12.1. The lowest BCUT2D eigenvalue weighted by Crippen LogP contribution is -2.31. The molecule has 2 aromatic rings. The van der Waals surface area contributed by atoms with Crippen LogP contribution in [0, 0.1) is 5.41 Å². The van der Waals surface area contributed by atoms with Gasteiger partial charge in [-0.2, -0.15) is 0 Å². The highest BCUT2D eigenvalue weighted by molar-refractivity contribution is 5.87. The number of benzene rings is 2. The Morgan fingerprint density at radius 1 is 0.794 bits per heavy atom. The van der Waals surface area contributed by atoms with Gasteiger partial charge in [0.05, 0.1) is 12.0 Å². The Bertz CT molecular complexity index is 978. The van der Waals surface area contributed by atoms with Gasteiger partial charge >= 0.3 is 5.97 Å². The monoisotopic (exact) mass is 472 g/mol. The summed E-state index contributed by atoms with van der Waals surface area (Å²) in [5, 5.41) is 1.96. The molecule has 2 atom stereocenters. The van der Waals surface area contributed by atoms with Crippen LogP contribution in [-0.4, -0.2) is 29.9 Å². The van der Waals surface area contributed by atoms with Crippen molar-refractivity contribution in [3.8, 4) is 11.5 Å². The fourth-order valence-corrected chi connectivity index (χ4v) is 3.31. The third kappa shape index (κ3) is 8.32. The number of fused-ring (bicyclic) bond motifs is 1. The molecule has 6 heteroatoms. The SMILES string of the molecule is CCC(C)(C)OC(C)Oc1ccc2cc(OC(C)OC(=O)CCC(=O)C(C)(C)CC)ccc2c1. The third-order valence-corrected chi connectivity index (χ3v) is 6.22. The normalized spacial score (nSPS) is 13.9. The fourth-order valence-electron chi connectivity index (χ4n) is 3.31. The maximum atomic E-state index is 12.2. The molecule has 2 rings (SSSR count). The predicted molar refractivity (Wildman–Crippen MR) is 134 cm³/mol. The molecule has 0 aliphatic carbocycles. The second-order valence-electron chi connectivity index (χ2n) is 9.92. The van der Waals surface area contributed by atoms with Crippen molar-refractivity contribution in [3.63, 3.8) is 0 Å². The molecule has 0 aliphatic heterocycles. The molecule has 2 aromatic carbocycles. The molecule has 0 heterocycles. The summed E-state index contributed by atoms with van der Waals surface area (Å²) in [7, 11) is 0. The molecule has 0 saturated heterocycles. The van der Waals surface area contributed by atoms with E-state index in [1.54, 1.807) is 6.92 Å². The first-order chi connectivity index (χ1) is 15.8. The maximum absolute atomic E-state index is 12.2. The topological polar surface area (TPSA) is 71.1 Å². The van der Waals surface area contributed by atoms with Gasteiger partial charge in [-0.1, -0.05) is 39.8 Å². The number of carbonyl (C=O) groups excluding carboxylic acids is 2. The molecule has 0 amide bonds. The van der Waals surface area contributed by atoms with Crippen molar-refractivity contribution in [2.24, 2.45) is 5.41 Å². The minimum Gasteiger partial charge on any atom is -0.465 e. The number of ether oxygens (including phenoxy) is 4. The summed E-state index contributed by atoms with van der Waals surface area (Å²) in [6.07, 6.45) is 0.722. The van der Waals surface area contributed by atoms with Gasteiger partial charge in [-0.25, -0.2) is 0 Å². The Kier molecular flexibility index (Phi) is 9.51. The number of hydrogen-bond donors (Lipinski definition) is 0. The van der Waals surface area contributed by atoms with Crippen LogP contribution in [0.25, 0.3) is 10.8 Å². The van der Waals surface area contributed by atoms with E-state index in [1.165, 1.54) is 0 Å². The van der Waals surface area contributed by atoms with E-state index in [9.17, 15) is 9.59 Å². The van der Waals surface area contributed by atoms with Gasteiger partial charge < -0.3 is 18.9 Å². The lowest BCUT2D eigenvalue weighted by molar-refractivity contribution is -0.162. The summed E-state index contributed by atoms with van der Waals surface area (Å²) in [5.41, 5.74) is -0.667. The zero-order valence-electron chi connectivity index (χ0n) is 21.9. The number of rotatable bonds is 13. The summed E-state index contributed by atoms with van der Waals surface area (Å²) < 4.78 is 23.0. The van der Waals surface area contributed by atoms with Crippen LogP contribution in [0.5, 0.6) is 11.5 Å². The summed E-state index contributed by atoms with van der Waals surface area (Å²) >= 11 is 0. The number of Topliss-reactive ketones (excluding diaryl/α,β-unsaturated/α-hetero) is 1. The molecular weight excluding hydrogens is 432 g/mol. The number of ketones is 1. The minimum atomic E-state index is -0.762. The molecule has 2 unspecified atom stereocenters. The summed E-state index contributed by atoms with van der Waals surface area (Å²) in [6, 6.07) is 11.4. The summed E-state index contributed by atoms with van der Waals surface area (Å²) in [5.74, 6) is 0.932. The average Bonchev–Trinajstić information content (AvgIpc) is 2.76. The van der Waals surface area contributed by atoms with E-state index in [0.29, 0.717) is 5.75 Å². The van der Waals surface area contributed by atoms with Gasteiger partial charge in [0.2, 0.25) is 6.29 Å². The average molecular weight is 473 g/mol. The van der Waals surface area contributed by atoms with E-state index in [-0.39, 0.29) is 30.5 Å². The largest absolute Gasteiger partial charge is 0.465 e. The van der Waals surface area contributed by atoms with Crippen LogP contribution >= 0.6 is 0 Å². The van der Waals surface area contributed by atoms with Gasteiger partial charge in [-0.15, -0.1) is 0 Å². The molecule has 0 aromatic heterocycles. The van der Waals surface area contributed by atoms with E-state index < -0.39 is 17.7 Å². The highest BCUT2D eigenvalue weighted by atomic mass is 16.7. The molecule has 188 valence electrons. The number of hydrogen-bond acceptors (Lipinski definition) is 6. The van der Waals surface area contributed by atoms with Gasteiger partial charge in [0.15, 0.2) is 6.29 Å². The van der Waals surface area contributed by atoms with E-state index in [4.69, 9.17) is 18.9 Å². The van der Waals surface area contributed by atoms with Crippen molar-refractivity contribution in [1.82, 2.24) is 0 Å². The molecular formula is C28H40O6. The third-order valence-electron chi connectivity index (χ3n) is 6.22. The van der Waals surface area contributed by atoms with Crippen LogP contribution < -0.4 is 9.47 Å². The molecule has 0 saturated carbocycles. The molecule has 0 spiro atoms. The lowest BCUT2D eigenvalue weighted by atomic mass is 9.83. The minimum absolute atomic E-state index is 0.0496. The molecule has 0 N–H and O–H groups in total. The zero-order chi connectivity index (χ0) is 25.5. The van der Waals surface area contributed by atoms with Crippen molar-refractivity contribution < 1.29 is 28.5 Å². The van der Waals surface area contributed by atoms with E-state index in [0.717, 1.165) is 29.4 Å². The predicted octanol–water partition coefficient (Wildman–Crippen LogP) is 6.82. The standard InChI is InChI=1S/C28H40O6/c1-9-27(5,6)25(29)15-16-26(30)33-19(3)31-23-13-11-22-18-24(14-12-21(22)17-23)32-20(4)34-28(7,8)10-2/h11-14,17-20H,9-10,15-16H2,1-8H3. The van der Waals surface area contributed by atoms with Crippen LogP contribution in [0.4, 0.5) is 0 Å². The van der Waals surface area contributed by atoms with Crippen LogP contribution in [-0.2, 0) is 19.1 Å². The first kappa shape index (κ1) is 27.6. The van der Waals surface area contributed by atoms with Gasteiger partial charge in [0.25, 0.3) is 0 Å². The van der Waals surface area contributed by atoms with Crippen LogP contribution in [0.2, 0.25) is 0 Å². The Balaban J connectivity index is 1.92. The lowest BCUT2D eigenvalue weighted by Gasteiger charge is -2.28. The Morgan fingerprint density at radius 2 is 1.32 bits per heavy atom. The summed E-state index contributed by atoms with van der Waals surface area (Å²) in [6.45, 7) is 15.5. The van der Waals surface area contributed by atoms with Crippen molar-refractivity contribution in [3.05, 3.63) is 36.4 Å². The maximum Gasteiger partial charge on any atom is 0.309 e.